The molecule has 1 aromatic carbocycles. The third-order valence-corrected chi connectivity index (χ3v) is 6.23. The van der Waals surface area contributed by atoms with Gasteiger partial charge >= 0.3 is 0 Å². The molecule has 1 aliphatic heterocycles. The molecule has 2 heterocycles. The fourth-order valence-corrected chi connectivity index (χ4v) is 4.38. The number of ether oxygens (including phenoxy) is 1. The predicted molar refractivity (Wildman–Crippen MR) is 120 cm³/mol. The molecule has 1 saturated heterocycles. The lowest BCUT2D eigenvalue weighted by Crippen LogP contribution is -2.45. The van der Waals surface area contributed by atoms with Gasteiger partial charge in [-0.3, -0.25) is 9.59 Å². The number of hydrogen-bond acceptors (Lipinski definition) is 4. The lowest BCUT2D eigenvalue weighted by molar-refractivity contribution is -0.142. The van der Waals surface area contributed by atoms with Crippen LogP contribution in [0.5, 0.6) is 0 Å². The van der Waals surface area contributed by atoms with Gasteiger partial charge in [0.2, 0.25) is 11.8 Å². The molecule has 162 valence electrons. The van der Waals surface area contributed by atoms with Crippen LogP contribution in [-0.4, -0.2) is 47.4 Å². The van der Waals surface area contributed by atoms with Gasteiger partial charge in [0.15, 0.2) is 0 Å². The Morgan fingerprint density at radius 3 is 2.57 bits per heavy atom. The maximum Gasteiger partial charge on any atom is 0.242 e. The minimum absolute atomic E-state index is 0.0184. The van der Waals surface area contributed by atoms with Gasteiger partial charge in [0.1, 0.15) is 0 Å². The van der Waals surface area contributed by atoms with Crippen LogP contribution in [0.3, 0.4) is 0 Å². The van der Waals surface area contributed by atoms with E-state index < -0.39 is 0 Å². The number of hydrogen-bond donors (Lipinski definition) is 0. The quantitative estimate of drug-likeness (QED) is 0.530. The average molecular weight is 429 g/mol. The highest BCUT2D eigenvalue weighted by molar-refractivity contribution is 7.09. The van der Waals surface area contributed by atoms with Crippen molar-refractivity contribution >= 4 is 23.2 Å². The van der Waals surface area contributed by atoms with Crippen molar-refractivity contribution in [2.75, 3.05) is 19.7 Å². The Hall–Kier alpha value is -2.18. The van der Waals surface area contributed by atoms with Crippen LogP contribution >= 0.6 is 11.3 Å². The van der Waals surface area contributed by atoms with Crippen molar-refractivity contribution in [2.45, 2.75) is 58.2 Å². The molecule has 0 spiro atoms. The molecule has 1 fully saturated rings. The van der Waals surface area contributed by atoms with Gasteiger partial charge in [-0.05, 0) is 36.3 Å². The van der Waals surface area contributed by atoms with Gasteiger partial charge in [0, 0.05) is 31.0 Å². The number of unbranched alkanes of at least 4 members (excludes halogenated alkanes) is 1. The number of benzene rings is 1. The molecule has 0 bridgehead atoms. The Balaban J connectivity index is 1.71. The highest BCUT2D eigenvalue weighted by Crippen LogP contribution is 2.17. The van der Waals surface area contributed by atoms with Crippen molar-refractivity contribution in [3.05, 3.63) is 58.3 Å². The van der Waals surface area contributed by atoms with Gasteiger partial charge in [-0.2, -0.15) is 0 Å². The van der Waals surface area contributed by atoms with Crippen molar-refractivity contribution in [3.8, 4) is 0 Å². The van der Waals surface area contributed by atoms with E-state index in [2.05, 4.69) is 6.92 Å². The maximum absolute atomic E-state index is 13.3. The van der Waals surface area contributed by atoms with E-state index in [1.54, 1.807) is 16.2 Å². The number of thiophene rings is 1. The summed E-state index contributed by atoms with van der Waals surface area (Å²) in [5.41, 5.74) is 1.09. The van der Waals surface area contributed by atoms with Gasteiger partial charge in [0.25, 0.3) is 0 Å². The second kappa shape index (κ2) is 11.9. The van der Waals surface area contributed by atoms with E-state index in [4.69, 9.17) is 4.74 Å². The average Bonchev–Trinajstić information content (AvgIpc) is 3.46. The van der Waals surface area contributed by atoms with E-state index in [9.17, 15) is 9.59 Å². The second-order valence-electron chi connectivity index (χ2n) is 7.83. The Bertz CT molecular complexity index is 773. The van der Waals surface area contributed by atoms with E-state index in [0.717, 1.165) is 42.7 Å². The van der Waals surface area contributed by atoms with Crippen molar-refractivity contribution in [1.29, 1.82) is 0 Å². The summed E-state index contributed by atoms with van der Waals surface area (Å²) in [6, 6.07) is 14.1. The van der Waals surface area contributed by atoms with Gasteiger partial charge in [-0.15, -0.1) is 11.3 Å². The van der Waals surface area contributed by atoms with E-state index in [0.29, 0.717) is 26.1 Å². The summed E-state index contributed by atoms with van der Waals surface area (Å²) in [6.45, 7) is 4.53. The topological polar surface area (TPSA) is 49.9 Å². The summed E-state index contributed by atoms with van der Waals surface area (Å²) in [6.07, 6.45) is 4.32. The summed E-state index contributed by atoms with van der Waals surface area (Å²) in [4.78, 5) is 30.9. The number of carbonyl (C=O) groups is 2. The van der Waals surface area contributed by atoms with E-state index >= 15 is 0 Å². The summed E-state index contributed by atoms with van der Waals surface area (Å²) in [5.74, 6) is 0.0339. The van der Waals surface area contributed by atoms with Crippen LogP contribution < -0.4 is 0 Å². The number of nitrogens with zero attached hydrogens (tertiary/aromatic N) is 2. The Kier molecular flexibility index (Phi) is 8.90. The molecule has 1 atom stereocenters. The standard InChI is InChI=1S/C24H32N2O3S/c1-2-3-13-23(27)26(17-21-11-7-14-29-21)19-24(28)25(18-22-12-8-15-30-22)16-20-9-5-4-6-10-20/h4-6,8-10,12,15,21H,2-3,7,11,13-14,16-19H2,1H3/t21-/m1/s1. The van der Waals surface area contributed by atoms with E-state index in [-0.39, 0.29) is 24.5 Å². The Morgan fingerprint density at radius 1 is 1.07 bits per heavy atom. The molecule has 0 radical (unpaired) electrons. The fraction of sp³-hybridized carbons (Fsp3) is 0.500. The SMILES string of the molecule is CCCCC(=O)N(CC(=O)N(Cc1ccccc1)Cc1cccs1)C[C@H]1CCCO1. The monoisotopic (exact) mass is 428 g/mol. The molecular formula is C24H32N2O3S. The van der Waals surface area contributed by atoms with Crippen molar-refractivity contribution in [3.63, 3.8) is 0 Å². The summed E-state index contributed by atoms with van der Waals surface area (Å²) in [7, 11) is 0. The van der Waals surface area contributed by atoms with Gasteiger partial charge in [0.05, 0.1) is 19.2 Å². The van der Waals surface area contributed by atoms with Gasteiger partial charge in [-0.25, -0.2) is 0 Å². The van der Waals surface area contributed by atoms with Gasteiger partial charge < -0.3 is 14.5 Å². The van der Waals surface area contributed by atoms with Gasteiger partial charge in [-0.1, -0.05) is 49.7 Å². The molecule has 2 aromatic rings. The van der Waals surface area contributed by atoms with E-state index in [1.807, 2.05) is 52.7 Å². The molecule has 1 aliphatic rings. The second-order valence-corrected chi connectivity index (χ2v) is 8.86. The zero-order chi connectivity index (χ0) is 21.2. The van der Waals surface area contributed by atoms with Crippen molar-refractivity contribution in [2.24, 2.45) is 0 Å². The summed E-state index contributed by atoms with van der Waals surface area (Å²) < 4.78 is 5.74. The fourth-order valence-electron chi connectivity index (χ4n) is 3.66. The van der Waals surface area contributed by atoms with Crippen LogP contribution in [0.1, 0.15) is 49.5 Å². The molecule has 30 heavy (non-hydrogen) atoms. The molecule has 0 aliphatic carbocycles. The highest BCUT2D eigenvalue weighted by Gasteiger charge is 2.26. The normalized spacial score (nSPS) is 15.8. The zero-order valence-electron chi connectivity index (χ0n) is 17.8. The van der Waals surface area contributed by atoms with Crippen LogP contribution in [0.2, 0.25) is 0 Å². The Labute approximate surface area is 183 Å². The first-order chi connectivity index (χ1) is 14.7. The number of rotatable bonds is 11. The lowest BCUT2D eigenvalue weighted by atomic mass is 10.2. The number of amides is 2. The van der Waals surface area contributed by atoms with E-state index in [1.165, 1.54) is 0 Å². The molecular weight excluding hydrogens is 396 g/mol. The minimum Gasteiger partial charge on any atom is -0.376 e. The molecule has 6 heteroatoms. The van der Waals surface area contributed by atoms with Crippen LogP contribution in [0, 0.1) is 0 Å². The summed E-state index contributed by atoms with van der Waals surface area (Å²) >= 11 is 1.65. The molecule has 0 unspecified atom stereocenters. The molecule has 1 aromatic heterocycles. The van der Waals surface area contributed by atoms with Crippen LogP contribution in [-0.2, 0) is 27.4 Å². The molecule has 0 N–H and O–H groups in total. The third-order valence-electron chi connectivity index (χ3n) is 5.37. The Morgan fingerprint density at radius 2 is 1.90 bits per heavy atom. The lowest BCUT2D eigenvalue weighted by Gasteiger charge is -2.29. The predicted octanol–water partition coefficient (Wildman–Crippen LogP) is 4.47. The highest BCUT2D eigenvalue weighted by atomic mass is 32.1. The van der Waals surface area contributed by atoms with Crippen molar-refractivity contribution in [1.82, 2.24) is 9.80 Å². The first-order valence-corrected chi connectivity index (χ1v) is 11.8. The zero-order valence-corrected chi connectivity index (χ0v) is 18.6. The smallest absolute Gasteiger partial charge is 0.242 e. The largest absolute Gasteiger partial charge is 0.376 e. The van der Waals surface area contributed by atoms with Crippen LogP contribution in [0.25, 0.3) is 0 Å². The van der Waals surface area contributed by atoms with Crippen LogP contribution in [0.4, 0.5) is 0 Å². The molecule has 5 nitrogen and oxygen atoms in total. The van der Waals surface area contributed by atoms with Crippen LogP contribution in [0.15, 0.2) is 47.8 Å². The number of carbonyl (C=O) groups excluding carboxylic acids is 2. The molecule has 2 amide bonds. The molecule has 3 rings (SSSR count). The maximum atomic E-state index is 13.3. The van der Waals surface area contributed by atoms with Crippen molar-refractivity contribution < 1.29 is 14.3 Å². The first kappa shape index (κ1) is 22.5. The third kappa shape index (κ3) is 6.96. The minimum atomic E-state index is -0.0184. The summed E-state index contributed by atoms with van der Waals surface area (Å²) in [5, 5.41) is 2.03. The first-order valence-electron chi connectivity index (χ1n) is 10.9. The molecule has 0 saturated carbocycles.